The van der Waals surface area contributed by atoms with Crippen LogP contribution in [0.1, 0.15) is 45.4 Å². The summed E-state index contributed by atoms with van der Waals surface area (Å²) < 4.78 is 5.46. The van der Waals surface area contributed by atoms with Crippen LogP contribution in [0, 0.1) is 29.1 Å². The number of hydrogen-bond donors (Lipinski definition) is 0. The summed E-state index contributed by atoms with van der Waals surface area (Å²) in [5, 5.41) is 8.45. The van der Waals surface area contributed by atoms with Crippen LogP contribution in [0.2, 0.25) is 0 Å². The zero-order chi connectivity index (χ0) is 10.9. The Morgan fingerprint density at radius 3 is 3.00 bits per heavy atom. The Kier molecular flexibility index (Phi) is 5.90. The van der Waals surface area contributed by atoms with Crippen LogP contribution in [-0.4, -0.2) is 12.7 Å². The van der Waals surface area contributed by atoms with E-state index in [1.165, 1.54) is 19.3 Å². The molecule has 0 unspecified atom stereocenters. The van der Waals surface area contributed by atoms with Crippen LogP contribution in [0.5, 0.6) is 0 Å². The highest BCUT2D eigenvalue weighted by Gasteiger charge is 2.26. The van der Waals surface area contributed by atoms with Crippen LogP contribution in [0.3, 0.4) is 0 Å². The van der Waals surface area contributed by atoms with E-state index < -0.39 is 0 Å². The Hall–Kier alpha value is -0.990. The van der Waals surface area contributed by atoms with Gasteiger partial charge >= 0.3 is 0 Å². The molecule has 0 heterocycles. The molecule has 0 radical (unpaired) electrons. The number of nitriles is 1. The largest absolute Gasteiger partial charge is 0.362 e. The predicted octanol–water partition coefficient (Wildman–Crippen LogP) is 2.89. The van der Waals surface area contributed by atoms with Crippen LogP contribution in [0.25, 0.3) is 0 Å². The zero-order valence-electron chi connectivity index (χ0n) is 9.46. The lowest BCUT2D eigenvalue weighted by Crippen LogP contribution is -2.17. The van der Waals surface area contributed by atoms with E-state index in [9.17, 15) is 0 Å². The Labute approximate surface area is 92.6 Å². The van der Waals surface area contributed by atoms with Gasteiger partial charge in [0.15, 0.2) is 0 Å². The molecule has 1 saturated carbocycles. The Bertz CT molecular complexity index is 268. The third kappa shape index (κ3) is 4.36. The smallest absolute Gasteiger partial charge is 0.134 e. The molecule has 0 saturated heterocycles. The molecule has 1 fully saturated rings. The Morgan fingerprint density at radius 2 is 2.27 bits per heavy atom. The van der Waals surface area contributed by atoms with Gasteiger partial charge in [0.05, 0.1) is 12.2 Å². The normalized spacial score (nSPS) is 24.3. The van der Waals surface area contributed by atoms with Gasteiger partial charge in [-0.3, -0.25) is 0 Å². The molecular formula is C13H19NO. The highest BCUT2D eigenvalue weighted by atomic mass is 16.5. The van der Waals surface area contributed by atoms with Gasteiger partial charge in [-0.2, -0.15) is 5.26 Å². The number of nitrogens with zero attached hydrogens (tertiary/aromatic N) is 1. The molecule has 1 aliphatic rings. The second-order valence-electron chi connectivity index (χ2n) is 3.97. The van der Waals surface area contributed by atoms with Gasteiger partial charge in [-0.1, -0.05) is 19.3 Å². The van der Waals surface area contributed by atoms with Gasteiger partial charge in [0.1, 0.15) is 6.61 Å². The second-order valence-corrected chi connectivity index (χ2v) is 3.97. The van der Waals surface area contributed by atoms with Crippen molar-refractivity contribution < 1.29 is 4.74 Å². The zero-order valence-corrected chi connectivity index (χ0v) is 9.46. The molecule has 2 heteroatoms. The SMILES string of the molecule is CCCCC#C[C@H]1CCC[C@H]1OCC#N. The summed E-state index contributed by atoms with van der Waals surface area (Å²) in [4.78, 5) is 0. The van der Waals surface area contributed by atoms with Gasteiger partial charge in [-0.05, 0) is 25.7 Å². The highest BCUT2D eigenvalue weighted by Crippen LogP contribution is 2.27. The molecule has 1 rings (SSSR count). The first-order chi connectivity index (χ1) is 7.38. The minimum Gasteiger partial charge on any atom is -0.362 e. The van der Waals surface area contributed by atoms with Gasteiger partial charge in [-0.25, -0.2) is 0 Å². The molecule has 1 aliphatic carbocycles. The fourth-order valence-corrected chi connectivity index (χ4v) is 1.90. The molecule has 2 atom stereocenters. The minimum atomic E-state index is 0.206. The van der Waals surface area contributed by atoms with Gasteiger partial charge in [0.25, 0.3) is 0 Å². The van der Waals surface area contributed by atoms with E-state index >= 15 is 0 Å². The molecule has 0 N–H and O–H groups in total. The Balaban J connectivity index is 2.31. The van der Waals surface area contributed by atoms with Crippen molar-refractivity contribution in [3.63, 3.8) is 0 Å². The molecular weight excluding hydrogens is 186 g/mol. The topological polar surface area (TPSA) is 33.0 Å². The molecule has 0 aliphatic heterocycles. The van der Waals surface area contributed by atoms with Gasteiger partial charge in [0.2, 0.25) is 0 Å². The summed E-state index contributed by atoms with van der Waals surface area (Å²) in [7, 11) is 0. The average Bonchev–Trinajstić information content (AvgIpc) is 2.69. The molecule has 0 spiro atoms. The van der Waals surface area contributed by atoms with E-state index in [1.54, 1.807) is 0 Å². The van der Waals surface area contributed by atoms with Gasteiger partial charge in [0, 0.05) is 12.3 Å². The van der Waals surface area contributed by atoms with Crippen molar-refractivity contribution >= 4 is 0 Å². The summed E-state index contributed by atoms with van der Waals surface area (Å²) in [6.45, 7) is 2.38. The lowest BCUT2D eigenvalue weighted by Gasteiger charge is -2.12. The first-order valence-corrected chi connectivity index (χ1v) is 5.85. The predicted molar refractivity (Wildman–Crippen MR) is 60.0 cm³/mol. The van der Waals surface area contributed by atoms with E-state index in [1.807, 2.05) is 6.07 Å². The van der Waals surface area contributed by atoms with Crippen molar-refractivity contribution in [3.8, 4) is 17.9 Å². The van der Waals surface area contributed by atoms with Crippen LogP contribution < -0.4 is 0 Å². The molecule has 0 aromatic rings. The van der Waals surface area contributed by atoms with Crippen LogP contribution >= 0.6 is 0 Å². The average molecular weight is 205 g/mol. The van der Waals surface area contributed by atoms with Crippen molar-refractivity contribution in [2.45, 2.75) is 51.6 Å². The summed E-state index contributed by atoms with van der Waals surface area (Å²) in [6, 6.07) is 2.02. The van der Waals surface area contributed by atoms with Crippen molar-refractivity contribution in [1.82, 2.24) is 0 Å². The molecule has 0 bridgehead atoms. The number of rotatable bonds is 4. The molecule has 0 amide bonds. The van der Waals surface area contributed by atoms with Crippen molar-refractivity contribution in [1.29, 1.82) is 5.26 Å². The van der Waals surface area contributed by atoms with Gasteiger partial charge in [-0.15, -0.1) is 5.92 Å². The first-order valence-electron chi connectivity index (χ1n) is 5.85. The summed E-state index contributed by atoms with van der Waals surface area (Å²) in [6.07, 6.45) is 6.97. The quantitative estimate of drug-likeness (QED) is 0.522. The minimum absolute atomic E-state index is 0.206. The summed E-state index contributed by atoms with van der Waals surface area (Å²) in [5.74, 6) is 6.88. The molecule has 82 valence electrons. The van der Waals surface area contributed by atoms with Crippen molar-refractivity contribution in [2.75, 3.05) is 6.61 Å². The van der Waals surface area contributed by atoms with Crippen molar-refractivity contribution in [2.24, 2.45) is 5.92 Å². The van der Waals surface area contributed by atoms with E-state index in [-0.39, 0.29) is 12.7 Å². The van der Waals surface area contributed by atoms with Crippen LogP contribution in [-0.2, 0) is 4.74 Å². The molecule has 15 heavy (non-hydrogen) atoms. The number of unbranched alkanes of at least 4 members (excludes halogenated alkanes) is 2. The van der Waals surface area contributed by atoms with E-state index in [4.69, 9.17) is 10.00 Å². The third-order valence-electron chi connectivity index (χ3n) is 2.76. The fourth-order valence-electron chi connectivity index (χ4n) is 1.90. The highest BCUT2D eigenvalue weighted by molar-refractivity contribution is 5.08. The van der Waals surface area contributed by atoms with E-state index in [0.717, 1.165) is 19.3 Å². The molecule has 2 nitrogen and oxygen atoms in total. The summed E-state index contributed by atoms with van der Waals surface area (Å²) in [5.41, 5.74) is 0. The molecule has 0 aromatic carbocycles. The fraction of sp³-hybridized carbons (Fsp3) is 0.769. The Morgan fingerprint density at radius 1 is 1.40 bits per heavy atom. The maximum Gasteiger partial charge on any atom is 0.134 e. The van der Waals surface area contributed by atoms with Gasteiger partial charge < -0.3 is 4.74 Å². The maximum absolute atomic E-state index is 8.45. The van der Waals surface area contributed by atoms with Crippen LogP contribution in [0.15, 0.2) is 0 Å². The lowest BCUT2D eigenvalue weighted by molar-refractivity contribution is 0.0645. The third-order valence-corrected chi connectivity index (χ3v) is 2.76. The maximum atomic E-state index is 8.45. The molecule has 0 aromatic heterocycles. The standard InChI is InChI=1S/C13H19NO/c1-2-3-4-5-7-12-8-6-9-13(12)15-11-10-14/h12-13H,2-4,6,8-9,11H2,1H3/t12-,13+/m0/s1. The number of hydrogen-bond acceptors (Lipinski definition) is 2. The van der Waals surface area contributed by atoms with Crippen molar-refractivity contribution in [3.05, 3.63) is 0 Å². The summed E-state index contributed by atoms with van der Waals surface area (Å²) >= 11 is 0. The van der Waals surface area contributed by atoms with E-state index in [0.29, 0.717) is 5.92 Å². The van der Waals surface area contributed by atoms with Crippen LogP contribution in [0.4, 0.5) is 0 Å². The first kappa shape index (κ1) is 12.1. The van der Waals surface area contributed by atoms with E-state index in [2.05, 4.69) is 18.8 Å². The number of ether oxygens (including phenoxy) is 1. The monoisotopic (exact) mass is 205 g/mol. The lowest BCUT2D eigenvalue weighted by atomic mass is 10.1. The second kappa shape index (κ2) is 7.32.